The molecule has 9 aromatic rings. The number of halogens is 3. The molecule has 0 aliphatic carbocycles. The number of nitrogens with zero attached hydrogens (tertiary/aromatic N) is 8. The molecule has 0 radical (unpaired) electrons. The SMILES string of the molecule is CN(c1ccc2nc(Cl)sc2c1)S(C)(=O)=O.CS(=O)(=O)Cc1ccc2nc(Cl)sc2c1.CSc1cnc(CCC(C)CCc2nc3ccc(N(C)S(C)(=O)=O)cc3s2)nc1.Nc1ccc2nc(Cl)sc2c1. The minimum Gasteiger partial charge on any atom is -0.399 e. The van der Waals surface area contributed by atoms with E-state index in [1.165, 1.54) is 62.2 Å². The van der Waals surface area contributed by atoms with Crippen LogP contribution in [0.1, 0.15) is 36.2 Å². The van der Waals surface area contributed by atoms with Crippen molar-refractivity contribution in [2.75, 3.05) is 53.5 Å². The molecule has 0 bridgehead atoms. The van der Waals surface area contributed by atoms with Crippen LogP contribution < -0.4 is 14.3 Å². The van der Waals surface area contributed by atoms with Crippen molar-refractivity contribution in [2.24, 2.45) is 5.92 Å². The van der Waals surface area contributed by atoms with Gasteiger partial charge in [0.25, 0.3) is 0 Å². The van der Waals surface area contributed by atoms with Gasteiger partial charge in [-0.05, 0) is 104 Å². The largest absolute Gasteiger partial charge is 0.399 e. The smallest absolute Gasteiger partial charge is 0.231 e. The standard InChI is InChI=1S/C20H26N4O2S3.C9H9ClN2O2S2.C9H8ClNO2S2.C7H5ClN2S/c1-14(5-9-19-21-12-16(27-3)13-22-19)6-10-20-23-17-8-7-15(11-18(17)28-20)24(2)29(4,25)26;1-12(16(2,13)14)6-3-4-7-8(5-6)15-9(10)11-7;1-15(12,13)5-6-2-3-7-8(4-6)14-9(10)11-7;8-7-10-5-2-1-4(9)3-6(5)11-7/h7-8,11-14H,5-6,9-10H2,1-4H3;3-5H,1-2H3;2-4H,5H2,1H3;1-3H,9H2. The fraction of sp³-hybridized carbons (Fsp3) is 0.289. The predicted molar refractivity (Wildman–Crippen MR) is 303 cm³/mol. The van der Waals surface area contributed by atoms with Gasteiger partial charge < -0.3 is 5.73 Å². The van der Waals surface area contributed by atoms with E-state index in [9.17, 15) is 25.3 Å². The van der Waals surface area contributed by atoms with Crippen molar-refractivity contribution in [1.82, 2.24) is 29.9 Å². The van der Waals surface area contributed by atoms with E-state index >= 15 is 0 Å². The zero-order valence-corrected chi connectivity index (χ0v) is 48.0. The van der Waals surface area contributed by atoms with Crippen LogP contribution in [0.2, 0.25) is 13.4 Å². The number of hydrogen-bond acceptors (Lipinski definition) is 18. The van der Waals surface area contributed by atoms with Gasteiger partial charge in [-0.2, -0.15) is 0 Å². The van der Waals surface area contributed by atoms with Crippen molar-refractivity contribution >= 4 is 180 Å². The third-order valence-corrected chi connectivity index (χ3v) is 18.8. The highest BCUT2D eigenvalue weighted by Gasteiger charge is 2.16. The topological polar surface area (TPSA) is 212 Å². The molecule has 5 aromatic heterocycles. The molecule has 0 amide bonds. The number of hydrogen-bond donors (Lipinski definition) is 1. The van der Waals surface area contributed by atoms with E-state index in [1.54, 1.807) is 66.5 Å². The summed E-state index contributed by atoms with van der Waals surface area (Å²) in [6.07, 6.45) is 13.3. The van der Waals surface area contributed by atoms with Crippen LogP contribution in [0.15, 0.2) is 90.1 Å². The van der Waals surface area contributed by atoms with Crippen LogP contribution in [-0.4, -0.2) is 94.3 Å². The van der Waals surface area contributed by atoms with Crippen molar-refractivity contribution in [3.05, 3.63) is 115 Å². The quantitative estimate of drug-likeness (QED) is 0.0840. The molecular weight excluding hydrogens is 1130 g/mol. The van der Waals surface area contributed by atoms with Crippen LogP contribution in [0.4, 0.5) is 17.1 Å². The molecule has 0 spiro atoms. The number of sulfonamides is 2. The fourth-order valence-corrected chi connectivity index (χ4v) is 12.8. The summed E-state index contributed by atoms with van der Waals surface area (Å²) < 4.78 is 76.3. The van der Waals surface area contributed by atoms with E-state index in [4.69, 9.17) is 45.5 Å². The highest BCUT2D eigenvalue weighted by Crippen LogP contribution is 2.32. The molecule has 4 aromatic carbocycles. The first-order chi connectivity index (χ1) is 33.3. The van der Waals surface area contributed by atoms with Crippen LogP contribution in [0.3, 0.4) is 0 Å². The van der Waals surface area contributed by atoms with Crippen molar-refractivity contribution in [1.29, 1.82) is 0 Å². The number of thiazole rings is 4. The van der Waals surface area contributed by atoms with Gasteiger partial charge in [-0.15, -0.1) is 57.1 Å². The summed E-state index contributed by atoms with van der Waals surface area (Å²) in [6.45, 7) is 2.25. The van der Waals surface area contributed by atoms with Crippen LogP contribution >= 0.6 is 91.9 Å². The Morgan fingerprint density at radius 3 is 1.54 bits per heavy atom. The lowest BCUT2D eigenvalue weighted by atomic mass is 10.00. The molecule has 5 heterocycles. The van der Waals surface area contributed by atoms with E-state index < -0.39 is 29.9 Å². The average molecular weight is 1170 g/mol. The Morgan fingerprint density at radius 1 is 0.606 bits per heavy atom. The normalized spacial score (nSPS) is 12.2. The number of aromatic nitrogens is 6. The van der Waals surface area contributed by atoms with Crippen LogP contribution in [0.5, 0.6) is 0 Å². The average Bonchev–Trinajstić information content (AvgIpc) is 4.09. The molecule has 0 saturated heterocycles. The summed E-state index contributed by atoms with van der Waals surface area (Å²) in [5.74, 6) is 1.51. The first kappa shape index (κ1) is 56.3. The number of rotatable bonds is 13. The van der Waals surface area contributed by atoms with E-state index in [0.717, 1.165) is 99.8 Å². The van der Waals surface area contributed by atoms with Crippen molar-refractivity contribution in [3.8, 4) is 0 Å². The number of fused-ring (bicyclic) bond motifs is 4. The summed E-state index contributed by atoms with van der Waals surface area (Å²) in [5, 5.41) is 1.09. The Morgan fingerprint density at radius 2 is 1.04 bits per heavy atom. The van der Waals surface area contributed by atoms with Gasteiger partial charge in [-0.3, -0.25) is 8.61 Å². The van der Waals surface area contributed by atoms with E-state index in [-0.39, 0.29) is 5.75 Å². The van der Waals surface area contributed by atoms with Crippen LogP contribution in [0.25, 0.3) is 40.9 Å². The Kier molecular flexibility index (Phi) is 19.3. The molecule has 26 heteroatoms. The molecule has 9 rings (SSSR count). The third kappa shape index (κ3) is 16.8. The highest BCUT2D eigenvalue weighted by atomic mass is 35.5. The number of benzene rings is 4. The number of nitrogen functional groups attached to an aromatic ring is 1. The summed E-state index contributed by atoms with van der Waals surface area (Å²) >= 11 is 24.6. The van der Waals surface area contributed by atoms with Gasteiger partial charge in [0.15, 0.2) is 23.2 Å². The molecular formula is C45H48Cl3N9O6S8. The highest BCUT2D eigenvalue weighted by molar-refractivity contribution is 7.98. The van der Waals surface area contributed by atoms with E-state index in [0.29, 0.717) is 30.7 Å². The van der Waals surface area contributed by atoms with Gasteiger partial charge in [0, 0.05) is 49.7 Å². The molecule has 15 nitrogen and oxygen atoms in total. The zero-order chi connectivity index (χ0) is 51.8. The van der Waals surface area contributed by atoms with Gasteiger partial charge in [0.2, 0.25) is 20.0 Å². The number of anilines is 3. The monoisotopic (exact) mass is 1170 g/mol. The zero-order valence-electron chi connectivity index (χ0n) is 39.2. The van der Waals surface area contributed by atoms with Crippen LogP contribution in [0, 0.1) is 5.92 Å². The lowest BCUT2D eigenvalue weighted by Gasteiger charge is -2.16. The van der Waals surface area contributed by atoms with Gasteiger partial charge in [0.05, 0.1) is 75.5 Å². The second-order valence-corrected chi connectivity index (χ2v) is 29.1. The predicted octanol–water partition coefficient (Wildman–Crippen LogP) is 11.8. The maximum Gasteiger partial charge on any atom is 0.231 e. The molecule has 2 N–H and O–H groups in total. The minimum atomic E-state index is -3.27. The van der Waals surface area contributed by atoms with E-state index in [2.05, 4.69) is 31.8 Å². The molecule has 71 heavy (non-hydrogen) atoms. The Bertz CT molecular complexity index is 3630. The molecule has 1 atom stereocenters. The second-order valence-electron chi connectivity index (χ2n) is 16.1. The molecule has 0 aliphatic rings. The lowest BCUT2D eigenvalue weighted by Crippen LogP contribution is -2.24. The number of sulfone groups is 1. The number of aryl methyl sites for hydroxylation is 2. The van der Waals surface area contributed by atoms with Gasteiger partial charge >= 0.3 is 0 Å². The van der Waals surface area contributed by atoms with Gasteiger partial charge in [-0.1, -0.05) is 47.8 Å². The van der Waals surface area contributed by atoms with Crippen molar-refractivity contribution in [2.45, 2.75) is 43.3 Å². The Hall–Kier alpha value is -4.01. The van der Waals surface area contributed by atoms with Crippen LogP contribution in [-0.2, 0) is 48.5 Å². The minimum absolute atomic E-state index is 0.0540. The molecule has 378 valence electrons. The number of thioether (sulfide) groups is 1. The third-order valence-electron chi connectivity index (χ3n) is 10.4. The first-order valence-electron chi connectivity index (χ1n) is 21.1. The molecule has 1 unspecified atom stereocenters. The first-order valence-corrected chi connectivity index (χ1v) is 32.4. The van der Waals surface area contributed by atoms with Gasteiger partial charge in [-0.25, -0.2) is 55.2 Å². The second kappa shape index (κ2) is 24.3. The summed E-state index contributed by atoms with van der Waals surface area (Å²) in [4.78, 5) is 26.9. The van der Waals surface area contributed by atoms with Crippen molar-refractivity contribution < 1.29 is 25.3 Å². The molecule has 0 fully saturated rings. The molecule has 0 saturated carbocycles. The Labute approximate surface area is 448 Å². The van der Waals surface area contributed by atoms with Crippen molar-refractivity contribution in [3.63, 3.8) is 0 Å². The van der Waals surface area contributed by atoms with E-state index in [1.807, 2.05) is 55.0 Å². The summed E-state index contributed by atoms with van der Waals surface area (Å²) in [7, 11) is -6.41. The summed E-state index contributed by atoms with van der Waals surface area (Å²) in [6, 6.07) is 21.8. The molecule has 0 aliphatic heterocycles. The maximum absolute atomic E-state index is 11.8. The lowest BCUT2D eigenvalue weighted by molar-refractivity contribution is 0.486. The number of nitrogens with two attached hydrogens (primary N) is 1. The Balaban J connectivity index is 0.000000166. The van der Waals surface area contributed by atoms with Gasteiger partial charge in [0.1, 0.15) is 5.82 Å². The fourth-order valence-electron chi connectivity index (χ4n) is 6.44. The summed E-state index contributed by atoms with van der Waals surface area (Å²) in [5.41, 5.74) is 11.8. The maximum atomic E-state index is 11.8.